The van der Waals surface area contributed by atoms with Crippen LogP contribution in [0.3, 0.4) is 0 Å². The van der Waals surface area contributed by atoms with Crippen LogP contribution in [0.15, 0.2) is 18.2 Å². The molecule has 0 aliphatic heterocycles. The maximum atomic E-state index is 11.4. The van der Waals surface area contributed by atoms with Crippen LogP contribution in [0, 0.1) is 13.8 Å². The zero-order chi connectivity index (χ0) is 11.2. The first-order valence-electron chi connectivity index (χ1n) is 5.09. The summed E-state index contributed by atoms with van der Waals surface area (Å²) in [5, 5.41) is 1.18. The Hall–Kier alpha value is -1.57. The van der Waals surface area contributed by atoms with Gasteiger partial charge in [-0.15, -0.1) is 0 Å². The predicted octanol–water partition coefficient (Wildman–Crippen LogP) is 3.00. The number of carbonyl (C=O) groups is 1. The van der Waals surface area contributed by atoms with Crippen molar-refractivity contribution in [1.82, 2.24) is 4.57 Å². The van der Waals surface area contributed by atoms with Crippen molar-refractivity contribution in [1.29, 1.82) is 0 Å². The summed E-state index contributed by atoms with van der Waals surface area (Å²) < 4.78 is 1.99. The van der Waals surface area contributed by atoms with Crippen molar-refractivity contribution in [3.05, 3.63) is 35.0 Å². The molecule has 0 spiro atoms. The Balaban J connectivity index is 2.93. The van der Waals surface area contributed by atoms with Crippen LogP contribution >= 0.6 is 0 Å². The van der Waals surface area contributed by atoms with Crippen LogP contribution < -0.4 is 0 Å². The van der Waals surface area contributed by atoms with E-state index in [1.54, 1.807) is 6.92 Å². The Morgan fingerprint density at radius 1 is 1.20 bits per heavy atom. The van der Waals surface area contributed by atoms with Gasteiger partial charge in [0.05, 0.1) is 11.2 Å². The van der Waals surface area contributed by atoms with E-state index in [4.69, 9.17) is 0 Å². The summed E-state index contributed by atoms with van der Waals surface area (Å²) in [5.41, 5.74) is 4.38. The fraction of sp³-hybridized carbons (Fsp3) is 0.308. The second-order valence-electron chi connectivity index (χ2n) is 4.11. The number of hydrogen-bond donors (Lipinski definition) is 0. The van der Waals surface area contributed by atoms with E-state index in [-0.39, 0.29) is 5.78 Å². The monoisotopic (exact) mass is 201 g/mol. The topological polar surface area (TPSA) is 22.0 Å². The van der Waals surface area contributed by atoms with Crippen molar-refractivity contribution in [2.45, 2.75) is 20.8 Å². The van der Waals surface area contributed by atoms with Crippen LogP contribution in [-0.2, 0) is 7.05 Å². The molecule has 0 N–H and O–H groups in total. The van der Waals surface area contributed by atoms with Crippen molar-refractivity contribution in [3.8, 4) is 0 Å². The minimum atomic E-state index is 0.118. The van der Waals surface area contributed by atoms with Gasteiger partial charge in [-0.25, -0.2) is 0 Å². The van der Waals surface area contributed by atoms with Crippen LogP contribution in [-0.4, -0.2) is 10.4 Å². The van der Waals surface area contributed by atoms with Gasteiger partial charge in [0, 0.05) is 19.4 Å². The number of Topliss-reactive ketones (excluding diaryl/α,β-unsaturated/α-hetero) is 1. The number of benzene rings is 1. The van der Waals surface area contributed by atoms with Gasteiger partial charge in [-0.1, -0.05) is 12.1 Å². The van der Waals surface area contributed by atoms with Crippen molar-refractivity contribution in [3.63, 3.8) is 0 Å². The number of aryl methyl sites for hydroxylation is 3. The van der Waals surface area contributed by atoms with Gasteiger partial charge in [0.1, 0.15) is 0 Å². The van der Waals surface area contributed by atoms with E-state index in [2.05, 4.69) is 26.0 Å². The zero-order valence-electron chi connectivity index (χ0n) is 9.59. The molecule has 1 heterocycles. The average molecular weight is 201 g/mol. The Bertz CT molecular complexity index is 549. The van der Waals surface area contributed by atoms with Crippen LogP contribution in [0.1, 0.15) is 28.5 Å². The van der Waals surface area contributed by atoms with Crippen LogP contribution in [0.4, 0.5) is 0 Å². The molecule has 0 bridgehead atoms. The number of fused-ring (bicyclic) bond motifs is 1. The standard InChI is InChI=1S/C13H15NO/c1-8-5-6-9(2)13-11(8)7-12(10(3)15)14(13)4/h5-7H,1-4H3. The van der Waals surface area contributed by atoms with E-state index >= 15 is 0 Å². The lowest BCUT2D eigenvalue weighted by Crippen LogP contribution is -2.01. The van der Waals surface area contributed by atoms with Crippen LogP contribution in [0.25, 0.3) is 10.9 Å². The first kappa shape index (κ1) is 9.97. The molecule has 0 unspecified atom stereocenters. The third kappa shape index (κ3) is 1.37. The van der Waals surface area contributed by atoms with Crippen molar-refractivity contribution in [2.75, 3.05) is 0 Å². The molecule has 0 saturated heterocycles. The molecule has 0 aliphatic rings. The quantitative estimate of drug-likeness (QED) is 0.650. The van der Waals surface area contributed by atoms with Crippen molar-refractivity contribution >= 4 is 16.7 Å². The molecule has 2 rings (SSSR count). The molecule has 78 valence electrons. The predicted molar refractivity (Wildman–Crippen MR) is 62.4 cm³/mol. The number of aromatic nitrogens is 1. The molecule has 2 aromatic rings. The summed E-state index contributed by atoms with van der Waals surface area (Å²) in [6.07, 6.45) is 0. The molecule has 0 aliphatic carbocycles. The normalized spacial score (nSPS) is 10.9. The summed E-state index contributed by atoms with van der Waals surface area (Å²) in [4.78, 5) is 11.4. The lowest BCUT2D eigenvalue weighted by Gasteiger charge is -2.04. The fourth-order valence-electron chi connectivity index (χ4n) is 2.14. The molecule has 0 amide bonds. The van der Waals surface area contributed by atoms with Crippen LogP contribution in [0.2, 0.25) is 0 Å². The van der Waals surface area contributed by atoms with Gasteiger partial charge < -0.3 is 4.57 Å². The molecule has 2 nitrogen and oxygen atoms in total. The van der Waals surface area contributed by atoms with Crippen LogP contribution in [0.5, 0.6) is 0 Å². The second-order valence-corrected chi connectivity index (χ2v) is 4.11. The van der Waals surface area contributed by atoms with Gasteiger partial charge in [-0.2, -0.15) is 0 Å². The zero-order valence-corrected chi connectivity index (χ0v) is 9.59. The molecule has 0 atom stereocenters. The highest BCUT2D eigenvalue weighted by Crippen LogP contribution is 2.25. The Labute approximate surface area is 89.5 Å². The molecule has 2 heteroatoms. The van der Waals surface area contributed by atoms with Gasteiger partial charge >= 0.3 is 0 Å². The summed E-state index contributed by atoms with van der Waals surface area (Å²) in [6.45, 7) is 5.76. The van der Waals surface area contributed by atoms with Gasteiger partial charge in [-0.3, -0.25) is 4.79 Å². The molecule has 1 aromatic heterocycles. The third-order valence-electron chi connectivity index (χ3n) is 2.98. The molecule has 0 fully saturated rings. The van der Waals surface area contributed by atoms with Gasteiger partial charge in [0.25, 0.3) is 0 Å². The van der Waals surface area contributed by atoms with Gasteiger partial charge in [0.15, 0.2) is 5.78 Å². The Morgan fingerprint density at radius 3 is 2.33 bits per heavy atom. The highest BCUT2D eigenvalue weighted by atomic mass is 16.1. The summed E-state index contributed by atoms with van der Waals surface area (Å²) >= 11 is 0. The first-order chi connectivity index (χ1) is 7.02. The number of carbonyl (C=O) groups excluding carboxylic acids is 1. The highest BCUT2D eigenvalue weighted by molar-refractivity contribution is 6.00. The first-order valence-corrected chi connectivity index (χ1v) is 5.09. The van der Waals surface area contributed by atoms with E-state index < -0.39 is 0 Å². The van der Waals surface area contributed by atoms with E-state index in [1.165, 1.54) is 22.0 Å². The summed E-state index contributed by atoms with van der Waals surface area (Å²) in [6, 6.07) is 6.18. The van der Waals surface area contributed by atoms with E-state index in [9.17, 15) is 4.79 Å². The Morgan fingerprint density at radius 2 is 1.80 bits per heavy atom. The molecule has 1 aromatic carbocycles. The minimum absolute atomic E-state index is 0.118. The average Bonchev–Trinajstić information content (AvgIpc) is 2.51. The lowest BCUT2D eigenvalue weighted by molar-refractivity contribution is 0.101. The van der Waals surface area contributed by atoms with Gasteiger partial charge in [-0.05, 0) is 31.0 Å². The van der Waals surface area contributed by atoms with E-state index in [1.807, 2.05) is 17.7 Å². The SMILES string of the molecule is CC(=O)c1cc2c(C)ccc(C)c2n1C. The molecular formula is C13H15NO. The second kappa shape index (κ2) is 3.23. The maximum absolute atomic E-state index is 11.4. The molecular weight excluding hydrogens is 186 g/mol. The van der Waals surface area contributed by atoms with E-state index in [0.717, 1.165) is 5.69 Å². The number of hydrogen-bond acceptors (Lipinski definition) is 1. The highest BCUT2D eigenvalue weighted by Gasteiger charge is 2.12. The number of rotatable bonds is 1. The lowest BCUT2D eigenvalue weighted by atomic mass is 10.1. The summed E-state index contributed by atoms with van der Waals surface area (Å²) in [7, 11) is 1.95. The van der Waals surface area contributed by atoms with E-state index in [0.29, 0.717) is 0 Å². The van der Waals surface area contributed by atoms with Crippen molar-refractivity contribution < 1.29 is 4.79 Å². The largest absolute Gasteiger partial charge is 0.341 e. The maximum Gasteiger partial charge on any atom is 0.176 e. The fourth-order valence-corrected chi connectivity index (χ4v) is 2.14. The molecule has 0 radical (unpaired) electrons. The third-order valence-corrected chi connectivity index (χ3v) is 2.98. The number of ketones is 1. The minimum Gasteiger partial charge on any atom is -0.341 e. The smallest absolute Gasteiger partial charge is 0.176 e. The van der Waals surface area contributed by atoms with Crippen molar-refractivity contribution in [2.24, 2.45) is 7.05 Å². The van der Waals surface area contributed by atoms with Gasteiger partial charge in [0.2, 0.25) is 0 Å². The number of nitrogens with zero attached hydrogens (tertiary/aromatic N) is 1. The molecule has 15 heavy (non-hydrogen) atoms. The Kier molecular flexibility index (Phi) is 2.14. The summed E-state index contributed by atoms with van der Waals surface area (Å²) in [5.74, 6) is 0.118. The molecule has 0 saturated carbocycles.